The average Bonchev–Trinajstić information content (AvgIpc) is 2.17. The highest BCUT2D eigenvalue weighted by Gasteiger charge is 2.09. The maximum atomic E-state index is 11.5. The van der Waals surface area contributed by atoms with E-state index in [4.69, 9.17) is 5.73 Å². The van der Waals surface area contributed by atoms with Crippen LogP contribution in [-0.2, 0) is 0 Å². The molecule has 0 radical (unpaired) electrons. The molecule has 0 aliphatic heterocycles. The summed E-state index contributed by atoms with van der Waals surface area (Å²) in [5.74, 6) is -0.249. The van der Waals surface area contributed by atoms with Gasteiger partial charge in [-0.05, 0) is 37.6 Å². The van der Waals surface area contributed by atoms with Crippen LogP contribution in [0, 0.1) is 6.92 Å². The van der Waals surface area contributed by atoms with E-state index in [0.29, 0.717) is 18.7 Å². The van der Waals surface area contributed by atoms with E-state index >= 15 is 0 Å². The van der Waals surface area contributed by atoms with Crippen LogP contribution in [0.25, 0.3) is 0 Å². The van der Waals surface area contributed by atoms with Gasteiger partial charge in [0.1, 0.15) is 5.75 Å². The second kappa shape index (κ2) is 5.36. The Bertz CT molecular complexity index is 350. The molecule has 0 bridgehead atoms. The van der Waals surface area contributed by atoms with Gasteiger partial charge in [0.2, 0.25) is 0 Å². The van der Waals surface area contributed by atoms with Crippen LogP contribution in [-0.4, -0.2) is 24.1 Å². The number of rotatable bonds is 4. The first-order chi connectivity index (χ1) is 7.15. The molecule has 0 fully saturated rings. The number of aromatic hydroxyl groups is 1. The maximum Gasteiger partial charge on any atom is 0.255 e. The molecule has 1 aromatic carbocycles. The van der Waals surface area contributed by atoms with Crippen molar-refractivity contribution in [3.05, 3.63) is 29.3 Å². The van der Waals surface area contributed by atoms with Gasteiger partial charge in [-0.3, -0.25) is 4.79 Å². The standard InChI is InChI=1S/C11H16N2O2/c1-8-3-4-9(10(14)7-8)11(15)13-6-2-5-12/h3-4,7,14H,2,5-6,12H2,1H3,(H,13,15). The van der Waals surface area contributed by atoms with Crippen molar-refractivity contribution in [1.82, 2.24) is 5.32 Å². The third kappa shape index (κ3) is 3.25. The van der Waals surface area contributed by atoms with Crippen molar-refractivity contribution in [3.63, 3.8) is 0 Å². The van der Waals surface area contributed by atoms with Gasteiger partial charge in [-0.1, -0.05) is 6.07 Å². The van der Waals surface area contributed by atoms with Crippen LogP contribution < -0.4 is 11.1 Å². The molecule has 0 aliphatic rings. The van der Waals surface area contributed by atoms with Crippen molar-refractivity contribution in [3.8, 4) is 5.75 Å². The Balaban J connectivity index is 2.65. The van der Waals surface area contributed by atoms with Gasteiger partial charge in [0, 0.05) is 6.54 Å². The average molecular weight is 208 g/mol. The van der Waals surface area contributed by atoms with Gasteiger partial charge in [0.25, 0.3) is 5.91 Å². The molecule has 82 valence electrons. The quantitative estimate of drug-likeness (QED) is 0.640. The van der Waals surface area contributed by atoms with Crippen LogP contribution in [0.5, 0.6) is 5.75 Å². The minimum Gasteiger partial charge on any atom is -0.507 e. The molecule has 4 nitrogen and oxygen atoms in total. The Morgan fingerprint density at radius 2 is 2.27 bits per heavy atom. The Hall–Kier alpha value is -1.55. The van der Waals surface area contributed by atoms with Gasteiger partial charge in [0.05, 0.1) is 5.56 Å². The number of carbonyl (C=O) groups is 1. The van der Waals surface area contributed by atoms with Gasteiger partial charge in [-0.2, -0.15) is 0 Å². The largest absolute Gasteiger partial charge is 0.507 e. The highest BCUT2D eigenvalue weighted by molar-refractivity contribution is 5.96. The van der Waals surface area contributed by atoms with Gasteiger partial charge >= 0.3 is 0 Å². The third-order valence-electron chi connectivity index (χ3n) is 2.06. The fraction of sp³-hybridized carbons (Fsp3) is 0.364. The lowest BCUT2D eigenvalue weighted by atomic mass is 10.1. The maximum absolute atomic E-state index is 11.5. The molecule has 0 aliphatic carbocycles. The molecule has 1 rings (SSSR count). The molecule has 15 heavy (non-hydrogen) atoms. The number of phenols is 1. The summed E-state index contributed by atoms with van der Waals surface area (Å²) >= 11 is 0. The molecule has 0 saturated carbocycles. The van der Waals surface area contributed by atoms with E-state index < -0.39 is 0 Å². The predicted molar refractivity (Wildman–Crippen MR) is 58.8 cm³/mol. The Morgan fingerprint density at radius 3 is 2.87 bits per heavy atom. The molecule has 0 unspecified atom stereocenters. The number of amides is 1. The molecule has 0 spiro atoms. The van der Waals surface area contributed by atoms with Gasteiger partial charge < -0.3 is 16.2 Å². The molecular weight excluding hydrogens is 192 g/mol. The molecular formula is C11H16N2O2. The number of aryl methyl sites for hydroxylation is 1. The predicted octanol–water partition coefficient (Wildman–Crippen LogP) is 0.779. The first-order valence-electron chi connectivity index (χ1n) is 4.93. The van der Waals surface area contributed by atoms with Crippen molar-refractivity contribution in [2.24, 2.45) is 5.73 Å². The van der Waals surface area contributed by atoms with Crippen molar-refractivity contribution >= 4 is 5.91 Å². The molecule has 0 aromatic heterocycles. The minimum atomic E-state index is -0.263. The highest BCUT2D eigenvalue weighted by Crippen LogP contribution is 2.17. The van der Waals surface area contributed by atoms with E-state index in [2.05, 4.69) is 5.32 Å². The van der Waals surface area contributed by atoms with Crippen molar-refractivity contribution in [2.45, 2.75) is 13.3 Å². The smallest absolute Gasteiger partial charge is 0.255 e. The van der Waals surface area contributed by atoms with E-state index in [0.717, 1.165) is 12.0 Å². The van der Waals surface area contributed by atoms with Crippen LogP contribution in [0.4, 0.5) is 0 Å². The summed E-state index contributed by atoms with van der Waals surface area (Å²) in [5, 5.41) is 12.2. The monoisotopic (exact) mass is 208 g/mol. The van der Waals surface area contributed by atoms with E-state index in [-0.39, 0.29) is 11.7 Å². The highest BCUT2D eigenvalue weighted by atomic mass is 16.3. The summed E-state index contributed by atoms with van der Waals surface area (Å²) in [6, 6.07) is 4.97. The van der Waals surface area contributed by atoms with Crippen molar-refractivity contribution in [1.29, 1.82) is 0 Å². The molecule has 4 heteroatoms. The molecule has 0 saturated heterocycles. The fourth-order valence-corrected chi connectivity index (χ4v) is 1.23. The first kappa shape index (κ1) is 11.5. The van der Waals surface area contributed by atoms with Crippen molar-refractivity contribution in [2.75, 3.05) is 13.1 Å². The van der Waals surface area contributed by atoms with Crippen LogP contribution in [0.2, 0.25) is 0 Å². The molecule has 0 atom stereocenters. The first-order valence-corrected chi connectivity index (χ1v) is 4.93. The number of nitrogens with one attached hydrogen (secondary N) is 1. The lowest BCUT2D eigenvalue weighted by Gasteiger charge is -2.06. The number of phenolic OH excluding ortho intramolecular Hbond substituents is 1. The second-order valence-corrected chi connectivity index (χ2v) is 3.42. The van der Waals surface area contributed by atoms with Crippen LogP contribution in [0.1, 0.15) is 22.3 Å². The van der Waals surface area contributed by atoms with Gasteiger partial charge in [-0.15, -0.1) is 0 Å². The van der Waals surface area contributed by atoms with E-state index in [1.165, 1.54) is 0 Å². The number of hydrogen-bond donors (Lipinski definition) is 3. The van der Waals surface area contributed by atoms with Gasteiger partial charge in [-0.25, -0.2) is 0 Å². The fourth-order valence-electron chi connectivity index (χ4n) is 1.23. The van der Waals surface area contributed by atoms with Crippen LogP contribution >= 0.6 is 0 Å². The summed E-state index contributed by atoms with van der Waals surface area (Å²) in [6.45, 7) is 2.93. The zero-order valence-electron chi connectivity index (χ0n) is 8.79. The normalized spacial score (nSPS) is 10.0. The zero-order chi connectivity index (χ0) is 11.3. The lowest BCUT2D eigenvalue weighted by molar-refractivity contribution is 0.0951. The summed E-state index contributed by atoms with van der Waals surface area (Å²) in [4.78, 5) is 11.5. The minimum absolute atomic E-state index is 0.0141. The van der Waals surface area contributed by atoms with E-state index in [1.807, 2.05) is 6.92 Å². The lowest BCUT2D eigenvalue weighted by Crippen LogP contribution is -2.25. The van der Waals surface area contributed by atoms with Crippen LogP contribution in [0.3, 0.4) is 0 Å². The van der Waals surface area contributed by atoms with Crippen LogP contribution in [0.15, 0.2) is 18.2 Å². The zero-order valence-corrected chi connectivity index (χ0v) is 8.79. The summed E-state index contributed by atoms with van der Waals surface area (Å²) in [7, 11) is 0. The molecule has 1 aromatic rings. The van der Waals surface area contributed by atoms with Crippen molar-refractivity contribution < 1.29 is 9.90 Å². The molecule has 1 amide bonds. The number of nitrogens with two attached hydrogens (primary N) is 1. The SMILES string of the molecule is Cc1ccc(C(=O)NCCCN)c(O)c1. The number of hydrogen-bond acceptors (Lipinski definition) is 3. The topological polar surface area (TPSA) is 75.4 Å². The molecule has 0 heterocycles. The number of carbonyl (C=O) groups excluding carboxylic acids is 1. The summed E-state index contributed by atoms with van der Waals surface area (Å²) < 4.78 is 0. The Morgan fingerprint density at radius 1 is 1.53 bits per heavy atom. The number of benzene rings is 1. The van der Waals surface area contributed by atoms with Gasteiger partial charge in [0.15, 0.2) is 0 Å². The Kier molecular flexibility index (Phi) is 4.12. The summed E-state index contributed by atoms with van der Waals surface area (Å²) in [5.41, 5.74) is 6.53. The summed E-state index contributed by atoms with van der Waals surface area (Å²) in [6.07, 6.45) is 0.734. The van der Waals surface area contributed by atoms with E-state index in [9.17, 15) is 9.90 Å². The molecule has 4 N–H and O–H groups in total. The third-order valence-corrected chi connectivity index (χ3v) is 2.06. The second-order valence-electron chi connectivity index (χ2n) is 3.42. The Labute approximate surface area is 89.1 Å². The van der Waals surface area contributed by atoms with E-state index in [1.54, 1.807) is 18.2 Å².